The molecule has 3 aromatic carbocycles. The van der Waals surface area contributed by atoms with E-state index in [9.17, 15) is 18.4 Å². The Hall–Kier alpha value is -3.74. The highest BCUT2D eigenvalue weighted by atomic mass is 19.3. The number of ether oxygens (including phenoxy) is 2. The van der Waals surface area contributed by atoms with Gasteiger partial charge in [-0.15, -0.1) is 0 Å². The maximum atomic E-state index is 13.3. The third kappa shape index (κ3) is 4.37. The first-order valence-electron chi connectivity index (χ1n) is 12.7. The monoisotopic (exact) mass is 503 g/mol. The van der Waals surface area contributed by atoms with Crippen molar-refractivity contribution in [3.63, 3.8) is 0 Å². The molecular formula is C30H27F2NO4. The molecule has 190 valence electrons. The Bertz CT molecular complexity index is 1270. The first-order valence-corrected chi connectivity index (χ1v) is 12.7. The summed E-state index contributed by atoms with van der Waals surface area (Å²) in [6.07, 6.45) is 2.54. The Balaban J connectivity index is 1.11. The second-order valence-corrected chi connectivity index (χ2v) is 10.0. The number of carbonyl (C=O) groups excluding carboxylic acids is 2. The van der Waals surface area contributed by atoms with Crippen LogP contribution in [0, 0.1) is 5.92 Å². The van der Waals surface area contributed by atoms with Gasteiger partial charge in [0.05, 0.1) is 0 Å². The standard InChI is InChI=1S/C30H27F2NO4/c31-29(32)37-22-13-9-18(10-14-22)28(34)19-15-20-11-12-21(16-19)33(20)30(35)36-17-27-25-7-3-1-5-23(25)24-6-2-4-8-26(24)27/h1-10,13-14,19-21,27,29H,11-12,15-17H2. The highest BCUT2D eigenvalue weighted by Crippen LogP contribution is 2.45. The van der Waals surface area contributed by atoms with Gasteiger partial charge in [0.15, 0.2) is 5.78 Å². The SMILES string of the molecule is O=C(c1ccc(OC(F)F)cc1)C1CC2CCC(C1)N2C(=O)OCC1c2ccccc2-c2ccccc21. The first kappa shape index (κ1) is 23.6. The molecule has 5 nitrogen and oxygen atoms in total. The second kappa shape index (κ2) is 9.61. The summed E-state index contributed by atoms with van der Waals surface area (Å²) >= 11 is 0. The lowest BCUT2D eigenvalue weighted by molar-refractivity contribution is -0.0498. The second-order valence-electron chi connectivity index (χ2n) is 10.0. The molecule has 2 unspecified atom stereocenters. The molecule has 0 saturated carbocycles. The molecule has 1 amide bonds. The third-order valence-corrected chi connectivity index (χ3v) is 8.01. The normalized spacial score (nSPS) is 22.0. The number of benzene rings is 3. The number of nitrogens with zero attached hydrogens (tertiary/aromatic N) is 1. The summed E-state index contributed by atoms with van der Waals surface area (Å²) in [5, 5.41) is 0. The molecular weight excluding hydrogens is 476 g/mol. The highest BCUT2D eigenvalue weighted by molar-refractivity contribution is 5.98. The van der Waals surface area contributed by atoms with Gasteiger partial charge in [-0.2, -0.15) is 8.78 Å². The lowest BCUT2D eigenvalue weighted by Gasteiger charge is -2.37. The van der Waals surface area contributed by atoms with Crippen LogP contribution in [0.25, 0.3) is 11.1 Å². The fraction of sp³-hybridized carbons (Fsp3) is 0.333. The van der Waals surface area contributed by atoms with Crippen LogP contribution in [0.2, 0.25) is 0 Å². The number of rotatable bonds is 6. The maximum Gasteiger partial charge on any atom is 0.410 e. The number of halogens is 2. The minimum atomic E-state index is -2.90. The molecule has 3 aromatic rings. The van der Waals surface area contributed by atoms with E-state index in [0.717, 1.165) is 12.8 Å². The van der Waals surface area contributed by atoms with Gasteiger partial charge in [0.2, 0.25) is 0 Å². The molecule has 37 heavy (non-hydrogen) atoms. The summed E-state index contributed by atoms with van der Waals surface area (Å²) in [5.41, 5.74) is 5.20. The molecule has 0 N–H and O–H groups in total. The van der Waals surface area contributed by atoms with Gasteiger partial charge in [-0.3, -0.25) is 4.79 Å². The number of hydrogen-bond donors (Lipinski definition) is 0. The van der Waals surface area contributed by atoms with Crippen LogP contribution in [0.15, 0.2) is 72.8 Å². The van der Waals surface area contributed by atoms with Crippen LogP contribution in [-0.2, 0) is 4.74 Å². The number of ketones is 1. The molecule has 2 aliphatic heterocycles. The lowest BCUT2D eigenvalue weighted by Crippen LogP contribution is -2.48. The fourth-order valence-corrected chi connectivity index (χ4v) is 6.39. The van der Waals surface area contributed by atoms with Gasteiger partial charge < -0.3 is 14.4 Å². The molecule has 2 heterocycles. The third-order valence-electron chi connectivity index (χ3n) is 8.01. The Labute approximate surface area is 214 Å². The van der Waals surface area contributed by atoms with Crippen LogP contribution in [0.5, 0.6) is 5.75 Å². The van der Waals surface area contributed by atoms with Crippen molar-refractivity contribution in [2.24, 2.45) is 5.92 Å². The zero-order valence-electron chi connectivity index (χ0n) is 20.2. The number of piperidine rings is 1. The summed E-state index contributed by atoms with van der Waals surface area (Å²) in [5.74, 6) is -0.202. The molecule has 2 saturated heterocycles. The summed E-state index contributed by atoms with van der Waals surface area (Å²) in [7, 11) is 0. The van der Waals surface area contributed by atoms with E-state index in [1.807, 2.05) is 29.2 Å². The smallest absolute Gasteiger partial charge is 0.410 e. The van der Waals surface area contributed by atoms with Gasteiger partial charge in [0.25, 0.3) is 0 Å². The van der Waals surface area contributed by atoms with Gasteiger partial charge in [-0.1, -0.05) is 48.5 Å². The molecule has 2 fully saturated rings. The molecule has 2 bridgehead atoms. The quantitative estimate of drug-likeness (QED) is 0.353. The van der Waals surface area contributed by atoms with Crippen LogP contribution < -0.4 is 4.74 Å². The number of amides is 1. The Kier molecular flexibility index (Phi) is 6.14. The number of hydrogen-bond acceptors (Lipinski definition) is 4. The number of fused-ring (bicyclic) bond motifs is 5. The van der Waals surface area contributed by atoms with Gasteiger partial charge in [0.1, 0.15) is 12.4 Å². The summed E-state index contributed by atoms with van der Waals surface area (Å²) in [4.78, 5) is 28.2. The van der Waals surface area contributed by atoms with Crippen molar-refractivity contribution in [2.75, 3.05) is 6.61 Å². The van der Waals surface area contributed by atoms with E-state index in [2.05, 4.69) is 29.0 Å². The molecule has 3 aliphatic rings. The minimum absolute atomic E-state index is 0.00476. The van der Waals surface area contributed by atoms with Gasteiger partial charge in [-0.05, 0) is 72.2 Å². The van der Waals surface area contributed by atoms with E-state index in [1.54, 1.807) is 0 Å². The van der Waals surface area contributed by atoms with Gasteiger partial charge >= 0.3 is 12.7 Å². The maximum absolute atomic E-state index is 13.3. The van der Waals surface area contributed by atoms with E-state index in [0.29, 0.717) is 18.4 Å². The summed E-state index contributed by atoms with van der Waals surface area (Å²) < 4.78 is 35.1. The molecule has 2 atom stereocenters. The van der Waals surface area contributed by atoms with E-state index in [1.165, 1.54) is 46.5 Å². The average Bonchev–Trinajstić information content (AvgIpc) is 3.37. The van der Waals surface area contributed by atoms with E-state index in [4.69, 9.17) is 4.74 Å². The molecule has 6 rings (SSSR count). The zero-order chi connectivity index (χ0) is 25.5. The van der Waals surface area contributed by atoms with Crippen molar-refractivity contribution in [3.8, 4) is 16.9 Å². The molecule has 0 aromatic heterocycles. The highest BCUT2D eigenvalue weighted by Gasteiger charge is 2.46. The van der Waals surface area contributed by atoms with E-state index >= 15 is 0 Å². The van der Waals surface area contributed by atoms with Gasteiger partial charge in [-0.25, -0.2) is 4.79 Å². The Morgan fingerprint density at radius 2 is 1.41 bits per heavy atom. The molecule has 0 spiro atoms. The number of Topliss-reactive ketones (excluding diaryl/α,β-unsaturated/α-hetero) is 1. The fourth-order valence-electron chi connectivity index (χ4n) is 6.39. The predicted octanol–water partition coefficient (Wildman–Crippen LogP) is 6.66. The topological polar surface area (TPSA) is 55.8 Å². The van der Waals surface area contributed by atoms with Crippen molar-refractivity contribution in [3.05, 3.63) is 89.5 Å². The molecule has 1 aliphatic carbocycles. The van der Waals surface area contributed by atoms with Crippen molar-refractivity contribution in [1.82, 2.24) is 4.90 Å². The summed E-state index contributed by atoms with van der Waals surface area (Å²) in [6, 6.07) is 22.3. The van der Waals surface area contributed by atoms with Crippen molar-refractivity contribution >= 4 is 11.9 Å². The zero-order valence-corrected chi connectivity index (χ0v) is 20.2. The number of alkyl halides is 2. The van der Waals surface area contributed by atoms with Crippen LogP contribution in [0.1, 0.15) is 53.1 Å². The van der Waals surface area contributed by atoms with E-state index in [-0.39, 0.29) is 48.2 Å². The van der Waals surface area contributed by atoms with Crippen molar-refractivity contribution in [2.45, 2.75) is 50.3 Å². The minimum Gasteiger partial charge on any atom is -0.448 e. The largest absolute Gasteiger partial charge is 0.448 e. The van der Waals surface area contributed by atoms with Crippen molar-refractivity contribution in [1.29, 1.82) is 0 Å². The molecule has 0 radical (unpaired) electrons. The Morgan fingerprint density at radius 1 is 0.838 bits per heavy atom. The van der Waals surface area contributed by atoms with Gasteiger partial charge in [0, 0.05) is 29.5 Å². The summed E-state index contributed by atoms with van der Waals surface area (Å²) in [6.45, 7) is -2.63. The van der Waals surface area contributed by atoms with Crippen LogP contribution >= 0.6 is 0 Å². The number of carbonyl (C=O) groups is 2. The lowest BCUT2D eigenvalue weighted by atomic mass is 9.85. The first-order chi connectivity index (χ1) is 18.0. The van der Waals surface area contributed by atoms with Crippen LogP contribution in [0.3, 0.4) is 0 Å². The van der Waals surface area contributed by atoms with Crippen LogP contribution in [0.4, 0.5) is 13.6 Å². The average molecular weight is 504 g/mol. The van der Waals surface area contributed by atoms with E-state index < -0.39 is 6.61 Å². The molecule has 7 heteroatoms. The predicted molar refractivity (Wildman–Crippen MR) is 134 cm³/mol. The van der Waals surface area contributed by atoms with Crippen molar-refractivity contribution < 1.29 is 27.8 Å². The van der Waals surface area contributed by atoms with Crippen LogP contribution in [-0.4, -0.2) is 42.1 Å². The Morgan fingerprint density at radius 3 is 1.97 bits per heavy atom.